The summed E-state index contributed by atoms with van der Waals surface area (Å²) >= 11 is 6.30. The SMILES string of the molecule is COc1cc(Cl)c2[nH]c(C(=O)N3CCC4(CCCCC4)C3)cc2c1. The van der Waals surface area contributed by atoms with Crippen LogP contribution in [0.3, 0.4) is 0 Å². The molecule has 0 radical (unpaired) electrons. The summed E-state index contributed by atoms with van der Waals surface area (Å²) in [7, 11) is 1.62. The lowest BCUT2D eigenvalue weighted by Crippen LogP contribution is -2.33. The first-order chi connectivity index (χ1) is 11.6. The lowest BCUT2D eigenvalue weighted by Gasteiger charge is -2.33. The molecule has 4 nitrogen and oxygen atoms in total. The van der Waals surface area contributed by atoms with Crippen molar-refractivity contribution in [3.63, 3.8) is 0 Å². The molecule has 1 N–H and O–H groups in total. The molecule has 1 saturated carbocycles. The lowest BCUT2D eigenvalue weighted by atomic mass is 9.73. The van der Waals surface area contributed by atoms with Gasteiger partial charge in [0.1, 0.15) is 11.4 Å². The number of aromatic nitrogens is 1. The zero-order valence-corrected chi connectivity index (χ0v) is 14.8. The number of methoxy groups -OCH3 is 1. The van der Waals surface area contributed by atoms with Gasteiger partial charge in [-0.3, -0.25) is 4.79 Å². The minimum absolute atomic E-state index is 0.0867. The first-order valence-electron chi connectivity index (χ1n) is 8.76. The number of nitrogens with zero attached hydrogens (tertiary/aromatic N) is 1. The van der Waals surface area contributed by atoms with Gasteiger partial charge in [0, 0.05) is 24.5 Å². The summed E-state index contributed by atoms with van der Waals surface area (Å²) in [6.07, 6.45) is 7.65. The predicted molar refractivity (Wildman–Crippen MR) is 95.9 cm³/mol. The number of halogens is 1. The fourth-order valence-electron chi connectivity index (χ4n) is 4.40. The standard InChI is InChI=1S/C19H23ClN2O2/c1-24-14-9-13-10-16(21-17(13)15(20)11-14)18(23)22-8-7-19(12-22)5-3-2-4-6-19/h9-11,21H,2-8,12H2,1H3. The van der Waals surface area contributed by atoms with Gasteiger partial charge in [-0.1, -0.05) is 30.9 Å². The highest BCUT2D eigenvalue weighted by Gasteiger charge is 2.40. The average molecular weight is 347 g/mol. The molecule has 1 amide bonds. The van der Waals surface area contributed by atoms with E-state index in [9.17, 15) is 4.79 Å². The number of carbonyl (C=O) groups excluding carboxylic acids is 1. The Kier molecular flexibility index (Phi) is 3.95. The van der Waals surface area contributed by atoms with Gasteiger partial charge in [0.05, 0.1) is 17.6 Å². The van der Waals surface area contributed by atoms with Gasteiger partial charge in [-0.15, -0.1) is 0 Å². The van der Waals surface area contributed by atoms with Crippen LogP contribution in [-0.4, -0.2) is 36.0 Å². The quantitative estimate of drug-likeness (QED) is 0.861. The van der Waals surface area contributed by atoms with Crippen molar-refractivity contribution in [2.45, 2.75) is 38.5 Å². The molecule has 1 aliphatic heterocycles. The van der Waals surface area contributed by atoms with Gasteiger partial charge >= 0.3 is 0 Å². The average Bonchev–Trinajstić information content (AvgIpc) is 3.20. The number of hydrogen-bond acceptors (Lipinski definition) is 2. The molecule has 24 heavy (non-hydrogen) atoms. The van der Waals surface area contributed by atoms with E-state index < -0.39 is 0 Å². The number of hydrogen-bond donors (Lipinski definition) is 1. The Morgan fingerprint density at radius 1 is 1.21 bits per heavy atom. The minimum Gasteiger partial charge on any atom is -0.497 e. The highest BCUT2D eigenvalue weighted by Crippen LogP contribution is 2.44. The Balaban J connectivity index is 1.58. The van der Waals surface area contributed by atoms with E-state index in [1.54, 1.807) is 13.2 Å². The molecule has 2 heterocycles. The van der Waals surface area contributed by atoms with E-state index in [0.717, 1.165) is 30.4 Å². The molecule has 5 heteroatoms. The Bertz CT molecular complexity index is 777. The van der Waals surface area contributed by atoms with Crippen LogP contribution in [0.4, 0.5) is 0 Å². The zero-order chi connectivity index (χ0) is 16.7. The number of rotatable bonds is 2. The molecule has 1 saturated heterocycles. The number of aromatic amines is 1. The van der Waals surface area contributed by atoms with E-state index in [0.29, 0.717) is 21.9 Å². The van der Waals surface area contributed by atoms with Crippen LogP contribution in [0.1, 0.15) is 49.0 Å². The number of ether oxygens (including phenoxy) is 1. The fourth-order valence-corrected chi connectivity index (χ4v) is 4.66. The minimum atomic E-state index is 0.0867. The van der Waals surface area contributed by atoms with E-state index in [2.05, 4.69) is 4.98 Å². The Labute approximate surface area is 147 Å². The zero-order valence-electron chi connectivity index (χ0n) is 14.0. The van der Waals surface area contributed by atoms with Crippen LogP contribution in [0.15, 0.2) is 18.2 Å². The number of fused-ring (bicyclic) bond motifs is 1. The van der Waals surface area contributed by atoms with Gasteiger partial charge in [0.25, 0.3) is 5.91 Å². The maximum atomic E-state index is 12.9. The number of H-pyrrole nitrogens is 1. The van der Waals surface area contributed by atoms with E-state index in [-0.39, 0.29) is 5.91 Å². The van der Waals surface area contributed by atoms with Crippen molar-refractivity contribution in [2.24, 2.45) is 5.41 Å². The monoisotopic (exact) mass is 346 g/mol. The van der Waals surface area contributed by atoms with Crippen LogP contribution in [0, 0.1) is 5.41 Å². The highest BCUT2D eigenvalue weighted by molar-refractivity contribution is 6.35. The molecule has 1 aromatic carbocycles. The van der Waals surface area contributed by atoms with E-state index in [1.807, 2.05) is 17.0 Å². The number of benzene rings is 1. The topological polar surface area (TPSA) is 45.3 Å². The summed E-state index contributed by atoms with van der Waals surface area (Å²) in [5.41, 5.74) is 1.79. The largest absolute Gasteiger partial charge is 0.497 e. The van der Waals surface area contributed by atoms with E-state index >= 15 is 0 Å². The van der Waals surface area contributed by atoms with Crippen molar-refractivity contribution in [1.29, 1.82) is 0 Å². The van der Waals surface area contributed by atoms with E-state index in [4.69, 9.17) is 16.3 Å². The molecule has 0 unspecified atom stereocenters. The smallest absolute Gasteiger partial charge is 0.270 e. The lowest BCUT2D eigenvalue weighted by molar-refractivity contribution is 0.0754. The maximum absolute atomic E-state index is 12.9. The molecule has 1 aliphatic carbocycles. The summed E-state index contributed by atoms with van der Waals surface area (Å²) < 4.78 is 5.25. The van der Waals surface area contributed by atoms with Crippen molar-refractivity contribution >= 4 is 28.4 Å². The van der Waals surface area contributed by atoms with Crippen molar-refractivity contribution < 1.29 is 9.53 Å². The fraction of sp³-hybridized carbons (Fsp3) is 0.526. The first-order valence-corrected chi connectivity index (χ1v) is 9.14. The van der Waals surface area contributed by atoms with Gasteiger partial charge in [-0.2, -0.15) is 0 Å². The molecule has 1 aromatic heterocycles. The summed E-state index contributed by atoms with van der Waals surface area (Å²) in [6, 6.07) is 5.56. The van der Waals surface area contributed by atoms with Gasteiger partial charge in [0.15, 0.2) is 0 Å². The molecule has 128 valence electrons. The number of likely N-dealkylation sites (tertiary alicyclic amines) is 1. The number of amides is 1. The van der Waals surface area contributed by atoms with Crippen molar-refractivity contribution in [3.05, 3.63) is 28.9 Å². The molecular weight excluding hydrogens is 324 g/mol. The van der Waals surface area contributed by atoms with Gasteiger partial charge in [0.2, 0.25) is 0 Å². The highest BCUT2D eigenvalue weighted by atomic mass is 35.5. The second-order valence-corrected chi connectivity index (χ2v) is 7.70. The Morgan fingerprint density at radius 2 is 2.00 bits per heavy atom. The second kappa shape index (κ2) is 5.99. The third kappa shape index (κ3) is 2.67. The Morgan fingerprint density at radius 3 is 2.75 bits per heavy atom. The molecule has 2 aromatic rings. The van der Waals surface area contributed by atoms with Crippen LogP contribution in [0.5, 0.6) is 5.75 Å². The van der Waals surface area contributed by atoms with Crippen molar-refractivity contribution in [1.82, 2.24) is 9.88 Å². The third-order valence-corrected chi connectivity index (χ3v) is 6.06. The van der Waals surface area contributed by atoms with Crippen LogP contribution in [0.25, 0.3) is 10.9 Å². The van der Waals surface area contributed by atoms with Gasteiger partial charge in [-0.05, 0) is 36.8 Å². The molecule has 4 rings (SSSR count). The number of carbonyl (C=O) groups is 1. The van der Waals surface area contributed by atoms with Crippen LogP contribution in [0.2, 0.25) is 5.02 Å². The Hall–Kier alpha value is -1.68. The summed E-state index contributed by atoms with van der Waals surface area (Å²) in [5.74, 6) is 0.788. The summed E-state index contributed by atoms with van der Waals surface area (Å²) in [4.78, 5) is 18.1. The first kappa shape index (κ1) is 15.8. The van der Waals surface area contributed by atoms with Crippen molar-refractivity contribution in [2.75, 3.05) is 20.2 Å². The maximum Gasteiger partial charge on any atom is 0.270 e. The number of nitrogens with one attached hydrogen (secondary N) is 1. The van der Waals surface area contributed by atoms with Crippen LogP contribution >= 0.6 is 11.6 Å². The van der Waals surface area contributed by atoms with Crippen LogP contribution in [-0.2, 0) is 0 Å². The van der Waals surface area contributed by atoms with Crippen molar-refractivity contribution in [3.8, 4) is 5.75 Å². The predicted octanol–water partition coefficient (Wildman–Crippen LogP) is 4.63. The summed E-state index contributed by atoms with van der Waals surface area (Å²) in [5, 5.41) is 1.49. The second-order valence-electron chi connectivity index (χ2n) is 7.29. The van der Waals surface area contributed by atoms with Crippen LogP contribution < -0.4 is 4.74 Å². The molecule has 1 spiro atoms. The molecule has 0 atom stereocenters. The molecule has 2 aliphatic rings. The molecule has 0 bridgehead atoms. The van der Waals surface area contributed by atoms with E-state index in [1.165, 1.54) is 32.1 Å². The normalized spacial score (nSPS) is 20.0. The van der Waals surface area contributed by atoms with Gasteiger partial charge in [-0.25, -0.2) is 0 Å². The molecular formula is C19H23ClN2O2. The summed E-state index contributed by atoms with van der Waals surface area (Å²) in [6.45, 7) is 1.77. The molecule has 2 fully saturated rings. The van der Waals surface area contributed by atoms with Gasteiger partial charge < -0.3 is 14.6 Å². The third-order valence-electron chi connectivity index (χ3n) is 5.76.